The molecule has 3 rings (SSSR count). The van der Waals surface area contributed by atoms with Crippen molar-refractivity contribution in [2.45, 2.75) is 13.5 Å². The summed E-state index contributed by atoms with van der Waals surface area (Å²) >= 11 is 0. The monoisotopic (exact) mass is 310 g/mol. The summed E-state index contributed by atoms with van der Waals surface area (Å²) in [6, 6.07) is 13.5. The molecule has 0 atom stereocenters. The second-order valence-electron chi connectivity index (χ2n) is 5.08. The van der Waals surface area contributed by atoms with E-state index in [0.717, 1.165) is 16.9 Å². The Kier molecular flexibility index (Phi) is 4.14. The highest BCUT2D eigenvalue weighted by Gasteiger charge is 2.09. The first-order valence-corrected chi connectivity index (χ1v) is 7.13. The number of nitrogens with zero attached hydrogens (tertiary/aromatic N) is 3. The smallest absolute Gasteiger partial charge is 0.260 e. The minimum Gasteiger partial charge on any atom is -0.319 e. The number of carbonyl (C=O) groups is 1. The van der Waals surface area contributed by atoms with E-state index >= 15 is 0 Å². The van der Waals surface area contributed by atoms with E-state index < -0.39 is 0 Å². The first kappa shape index (κ1) is 14.9. The van der Waals surface area contributed by atoms with Gasteiger partial charge in [-0.05, 0) is 36.8 Å². The maximum atomic E-state index is 12.8. The minimum absolute atomic E-state index is 0.132. The van der Waals surface area contributed by atoms with Gasteiger partial charge >= 0.3 is 0 Å². The number of nitrogens with one attached hydrogen (secondary N) is 1. The van der Waals surface area contributed by atoms with Crippen LogP contribution in [0.3, 0.4) is 0 Å². The first-order chi connectivity index (χ1) is 11.1. The molecule has 0 unspecified atom stereocenters. The third kappa shape index (κ3) is 3.42. The maximum Gasteiger partial charge on any atom is 0.260 e. The van der Waals surface area contributed by atoms with Gasteiger partial charge in [0.25, 0.3) is 5.91 Å². The van der Waals surface area contributed by atoms with Gasteiger partial charge in [-0.25, -0.2) is 14.8 Å². The summed E-state index contributed by atoms with van der Waals surface area (Å²) in [6.45, 7) is 1.99. The SMILES string of the molecule is Cc1nc2ccccc2n1CC(=O)N/N=C/c1ccc(F)cc1. The number of halogens is 1. The topological polar surface area (TPSA) is 59.3 Å². The van der Waals surface area contributed by atoms with Gasteiger partial charge in [0, 0.05) is 0 Å². The number of carbonyl (C=O) groups excluding carboxylic acids is 1. The molecular formula is C17H15FN4O. The number of hydrazone groups is 1. The Balaban J connectivity index is 1.67. The summed E-state index contributed by atoms with van der Waals surface area (Å²) in [4.78, 5) is 16.4. The molecule has 6 heteroatoms. The van der Waals surface area contributed by atoms with E-state index in [-0.39, 0.29) is 18.3 Å². The Morgan fingerprint density at radius 2 is 2.00 bits per heavy atom. The molecule has 1 N–H and O–H groups in total. The zero-order valence-corrected chi connectivity index (χ0v) is 12.5. The molecule has 116 valence electrons. The third-order valence-electron chi connectivity index (χ3n) is 3.42. The number of rotatable bonds is 4. The lowest BCUT2D eigenvalue weighted by atomic mass is 10.2. The summed E-state index contributed by atoms with van der Waals surface area (Å²) in [6.07, 6.45) is 1.47. The fourth-order valence-electron chi connectivity index (χ4n) is 2.30. The number of hydrogen-bond acceptors (Lipinski definition) is 3. The molecule has 0 aliphatic rings. The molecule has 2 aromatic carbocycles. The second kappa shape index (κ2) is 6.39. The standard InChI is InChI=1S/C17H15FN4O/c1-12-20-15-4-2-3-5-16(15)22(12)11-17(23)21-19-10-13-6-8-14(18)9-7-13/h2-10H,11H2,1H3,(H,21,23)/b19-10+. The van der Waals surface area contributed by atoms with Crippen LogP contribution >= 0.6 is 0 Å². The van der Waals surface area contributed by atoms with Crippen molar-refractivity contribution in [2.75, 3.05) is 0 Å². The van der Waals surface area contributed by atoms with Crippen LogP contribution in [0.2, 0.25) is 0 Å². The summed E-state index contributed by atoms with van der Waals surface area (Å²) < 4.78 is 14.6. The van der Waals surface area contributed by atoms with Gasteiger partial charge in [0.1, 0.15) is 18.2 Å². The zero-order chi connectivity index (χ0) is 16.2. The molecule has 23 heavy (non-hydrogen) atoms. The lowest BCUT2D eigenvalue weighted by Crippen LogP contribution is -2.23. The Labute approximate surface area is 132 Å². The predicted octanol–water partition coefficient (Wildman–Crippen LogP) is 2.63. The van der Waals surface area contributed by atoms with E-state index in [1.807, 2.05) is 35.8 Å². The Morgan fingerprint density at radius 3 is 2.78 bits per heavy atom. The number of aryl methyl sites for hydroxylation is 1. The summed E-state index contributed by atoms with van der Waals surface area (Å²) in [7, 11) is 0. The van der Waals surface area contributed by atoms with Gasteiger partial charge in [-0.15, -0.1) is 0 Å². The molecular weight excluding hydrogens is 295 g/mol. The van der Waals surface area contributed by atoms with E-state index in [4.69, 9.17) is 0 Å². The summed E-state index contributed by atoms with van der Waals surface area (Å²) in [5.41, 5.74) is 4.93. The third-order valence-corrected chi connectivity index (χ3v) is 3.42. The molecule has 0 aliphatic carbocycles. The highest BCUT2D eigenvalue weighted by atomic mass is 19.1. The van der Waals surface area contributed by atoms with Gasteiger partial charge in [-0.2, -0.15) is 5.10 Å². The van der Waals surface area contributed by atoms with E-state index in [0.29, 0.717) is 5.56 Å². The average Bonchev–Trinajstić information content (AvgIpc) is 2.85. The van der Waals surface area contributed by atoms with E-state index in [1.54, 1.807) is 12.1 Å². The number of hydrogen-bond donors (Lipinski definition) is 1. The average molecular weight is 310 g/mol. The fourth-order valence-corrected chi connectivity index (χ4v) is 2.30. The van der Waals surface area contributed by atoms with Crippen LogP contribution in [0.4, 0.5) is 4.39 Å². The number of amides is 1. The lowest BCUT2D eigenvalue weighted by Gasteiger charge is -2.05. The van der Waals surface area contributed by atoms with Crippen molar-refractivity contribution in [2.24, 2.45) is 5.10 Å². The van der Waals surface area contributed by atoms with Crippen LogP contribution in [-0.4, -0.2) is 21.7 Å². The molecule has 3 aromatic rings. The molecule has 1 amide bonds. The highest BCUT2D eigenvalue weighted by Crippen LogP contribution is 2.14. The van der Waals surface area contributed by atoms with Gasteiger partial charge in [-0.1, -0.05) is 24.3 Å². The van der Waals surface area contributed by atoms with Gasteiger partial charge in [0.15, 0.2) is 0 Å². The van der Waals surface area contributed by atoms with Crippen molar-refractivity contribution in [1.82, 2.24) is 15.0 Å². The van der Waals surface area contributed by atoms with Crippen LogP contribution in [-0.2, 0) is 11.3 Å². The zero-order valence-electron chi connectivity index (χ0n) is 12.5. The summed E-state index contributed by atoms with van der Waals surface area (Å²) in [5, 5.41) is 3.88. The van der Waals surface area contributed by atoms with Gasteiger partial charge in [-0.3, -0.25) is 4.79 Å². The van der Waals surface area contributed by atoms with Crippen LogP contribution in [0.1, 0.15) is 11.4 Å². The number of para-hydroxylation sites is 2. The van der Waals surface area contributed by atoms with Crippen LogP contribution in [0.15, 0.2) is 53.6 Å². The van der Waals surface area contributed by atoms with E-state index in [9.17, 15) is 9.18 Å². The molecule has 0 aliphatic heterocycles. The van der Waals surface area contributed by atoms with Crippen molar-refractivity contribution in [3.63, 3.8) is 0 Å². The minimum atomic E-state index is -0.311. The van der Waals surface area contributed by atoms with Crippen LogP contribution in [0.5, 0.6) is 0 Å². The molecule has 0 saturated carbocycles. The molecule has 0 saturated heterocycles. The number of imidazole rings is 1. The first-order valence-electron chi connectivity index (χ1n) is 7.13. The van der Waals surface area contributed by atoms with Crippen LogP contribution in [0, 0.1) is 12.7 Å². The molecule has 1 aromatic heterocycles. The Bertz CT molecular complexity index is 868. The van der Waals surface area contributed by atoms with Crippen molar-refractivity contribution >= 4 is 23.2 Å². The van der Waals surface area contributed by atoms with E-state index in [1.165, 1.54) is 18.3 Å². The molecule has 0 bridgehead atoms. The van der Waals surface area contributed by atoms with Crippen molar-refractivity contribution in [3.05, 3.63) is 65.7 Å². The lowest BCUT2D eigenvalue weighted by molar-refractivity contribution is -0.121. The molecule has 0 radical (unpaired) electrons. The molecule has 1 heterocycles. The highest BCUT2D eigenvalue weighted by molar-refractivity contribution is 5.83. The van der Waals surface area contributed by atoms with Crippen LogP contribution in [0.25, 0.3) is 11.0 Å². The Hall–Kier alpha value is -3.02. The number of benzene rings is 2. The number of fused-ring (bicyclic) bond motifs is 1. The van der Waals surface area contributed by atoms with Gasteiger partial charge in [0.2, 0.25) is 0 Å². The van der Waals surface area contributed by atoms with Crippen molar-refractivity contribution < 1.29 is 9.18 Å². The largest absolute Gasteiger partial charge is 0.319 e. The molecule has 0 spiro atoms. The predicted molar refractivity (Wildman–Crippen MR) is 86.6 cm³/mol. The van der Waals surface area contributed by atoms with E-state index in [2.05, 4.69) is 15.5 Å². The summed E-state index contributed by atoms with van der Waals surface area (Å²) in [5.74, 6) is 0.201. The second-order valence-corrected chi connectivity index (χ2v) is 5.08. The normalized spacial score (nSPS) is 11.2. The van der Waals surface area contributed by atoms with Gasteiger partial charge in [0.05, 0.1) is 17.2 Å². The van der Waals surface area contributed by atoms with Gasteiger partial charge < -0.3 is 4.57 Å². The van der Waals surface area contributed by atoms with Crippen LogP contribution < -0.4 is 5.43 Å². The maximum absolute atomic E-state index is 12.8. The van der Waals surface area contributed by atoms with Crippen molar-refractivity contribution in [3.8, 4) is 0 Å². The molecule has 5 nitrogen and oxygen atoms in total. The quantitative estimate of drug-likeness (QED) is 0.595. The fraction of sp³-hybridized carbons (Fsp3) is 0.118. The van der Waals surface area contributed by atoms with Crippen molar-refractivity contribution in [1.29, 1.82) is 0 Å². The molecule has 0 fully saturated rings. The Morgan fingerprint density at radius 1 is 1.26 bits per heavy atom. The number of aromatic nitrogens is 2.